The highest BCUT2D eigenvalue weighted by Gasteiger charge is 2.16. The van der Waals surface area contributed by atoms with Crippen LogP contribution in [0.3, 0.4) is 0 Å². The van der Waals surface area contributed by atoms with Crippen LogP contribution in [-0.2, 0) is 11.3 Å². The molecule has 1 aromatic carbocycles. The quantitative estimate of drug-likeness (QED) is 0.624. The Morgan fingerprint density at radius 2 is 2.00 bits per heavy atom. The minimum Gasteiger partial charge on any atom is -0.325 e. The molecular weight excluding hydrogens is 358 g/mol. The fourth-order valence-electron chi connectivity index (χ4n) is 2.65. The summed E-state index contributed by atoms with van der Waals surface area (Å²) in [5.74, 6) is 0.944. The van der Waals surface area contributed by atoms with E-state index in [1.54, 1.807) is 6.20 Å². The number of nitrogens with zero attached hydrogens (tertiary/aromatic N) is 4. The van der Waals surface area contributed by atoms with Gasteiger partial charge >= 0.3 is 0 Å². The van der Waals surface area contributed by atoms with E-state index in [0.29, 0.717) is 0 Å². The lowest BCUT2D eigenvalue weighted by Crippen LogP contribution is -2.15. The summed E-state index contributed by atoms with van der Waals surface area (Å²) in [6.07, 6.45) is 2.68. The van der Waals surface area contributed by atoms with Crippen molar-refractivity contribution < 1.29 is 4.79 Å². The van der Waals surface area contributed by atoms with Crippen molar-refractivity contribution in [2.24, 2.45) is 0 Å². The van der Waals surface area contributed by atoms with E-state index in [-0.39, 0.29) is 11.7 Å². The van der Waals surface area contributed by atoms with E-state index >= 15 is 0 Å². The molecule has 0 unspecified atom stereocenters. The maximum Gasteiger partial charge on any atom is 0.234 e. The van der Waals surface area contributed by atoms with Crippen molar-refractivity contribution >= 4 is 23.4 Å². The second-order valence-corrected chi connectivity index (χ2v) is 7.25. The molecule has 2 aromatic heterocycles. The zero-order valence-corrected chi connectivity index (χ0v) is 16.6. The van der Waals surface area contributed by atoms with Crippen molar-refractivity contribution in [3.63, 3.8) is 0 Å². The molecule has 140 valence electrons. The molecule has 1 amide bonds. The fourth-order valence-corrected chi connectivity index (χ4v) is 3.42. The number of carbonyl (C=O) groups is 1. The van der Waals surface area contributed by atoms with E-state index in [4.69, 9.17) is 0 Å². The highest BCUT2D eigenvalue weighted by atomic mass is 32.2. The molecule has 0 aliphatic rings. The van der Waals surface area contributed by atoms with Gasteiger partial charge in [-0.05, 0) is 55.7 Å². The number of nitrogens with one attached hydrogen (secondary N) is 1. The fraction of sp³-hybridized carbons (Fsp3) is 0.300. The van der Waals surface area contributed by atoms with Gasteiger partial charge in [0.15, 0.2) is 11.0 Å². The Hall–Kier alpha value is -2.67. The third kappa shape index (κ3) is 4.74. The number of benzene rings is 1. The number of pyridine rings is 1. The molecule has 0 saturated carbocycles. The minimum atomic E-state index is -0.0614. The SMILES string of the molecule is CCCn1c(SCC(=O)Nc2ccc(C)c(C)c2)nnc1-c1ccccn1. The normalized spacial score (nSPS) is 10.8. The van der Waals surface area contributed by atoms with Crippen LogP contribution < -0.4 is 5.32 Å². The molecule has 0 fully saturated rings. The monoisotopic (exact) mass is 381 g/mol. The molecule has 1 N–H and O–H groups in total. The van der Waals surface area contributed by atoms with Gasteiger partial charge < -0.3 is 9.88 Å². The van der Waals surface area contributed by atoms with Gasteiger partial charge in [-0.3, -0.25) is 9.78 Å². The lowest BCUT2D eigenvalue weighted by Gasteiger charge is -2.09. The summed E-state index contributed by atoms with van der Waals surface area (Å²) in [7, 11) is 0. The van der Waals surface area contributed by atoms with Crippen LogP contribution in [0.2, 0.25) is 0 Å². The van der Waals surface area contributed by atoms with Gasteiger partial charge in [-0.15, -0.1) is 10.2 Å². The first-order valence-corrected chi connectivity index (χ1v) is 9.91. The van der Waals surface area contributed by atoms with E-state index in [0.717, 1.165) is 40.9 Å². The minimum absolute atomic E-state index is 0.0614. The molecule has 3 aromatic rings. The van der Waals surface area contributed by atoms with Crippen LogP contribution in [0.4, 0.5) is 5.69 Å². The van der Waals surface area contributed by atoms with Gasteiger partial charge in [0, 0.05) is 18.4 Å². The second kappa shape index (κ2) is 8.81. The third-order valence-corrected chi connectivity index (χ3v) is 5.15. The number of carbonyl (C=O) groups excluding carboxylic acids is 1. The molecule has 6 nitrogen and oxygen atoms in total. The van der Waals surface area contributed by atoms with Crippen LogP contribution >= 0.6 is 11.8 Å². The van der Waals surface area contributed by atoms with Crippen LogP contribution in [0.1, 0.15) is 24.5 Å². The number of aromatic nitrogens is 4. The van der Waals surface area contributed by atoms with Crippen molar-refractivity contribution in [2.75, 3.05) is 11.1 Å². The predicted octanol–water partition coefficient (Wildman–Crippen LogP) is 4.10. The molecule has 7 heteroatoms. The van der Waals surface area contributed by atoms with Crippen LogP contribution in [0.15, 0.2) is 47.8 Å². The Morgan fingerprint density at radius 1 is 1.15 bits per heavy atom. The Morgan fingerprint density at radius 3 is 2.70 bits per heavy atom. The van der Waals surface area contributed by atoms with Gasteiger partial charge in [0.1, 0.15) is 5.69 Å². The highest BCUT2D eigenvalue weighted by Crippen LogP contribution is 2.23. The van der Waals surface area contributed by atoms with E-state index in [9.17, 15) is 4.79 Å². The Kier molecular flexibility index (Phi) is 6.24. The number of thioether (sulfide) groups is 1. The van der Waals surface area contributed by atoms with E-state index in [1.807, 2.05) is 47.9 Å². The summed E-state index contributed by atoms with van der Waals surface area (Å²) in [5, 5.41) is 12.2. The molecule has 0 atom stereocenters. The van der Waals surface area contributed by atoms with E-state index in [1.165, 1.54) is 17.3 Å². The topological polar surface area (TPSA) is 72.7 Å². The summed E-state index contributed by atoms with van der Waals surface area (Å²) < 4.78 is 2.02. The summed E-state index contributed by atoms with van der Waals surface area (Å²) >= 11 is 1.39. The summed E-state index contributed by atoms with van der Waals surface area (Å²) in [6, 6.07) is 11.6. The number of hydrogen-bond acceptors (Lipinski definition) is 5. The number of aryl methyl sites for hydroxylation is 2. The van der Waals surface area contributed by atoms with Gasteiger partial charge in [0.05, 0.1) is 5.75 Å². The standard InChI is InChI=1S/C20H23N5OS/c1-4-11-25-19(17-7-5-6-10-21-17)23-24-20(25)27-13-18(26)22-16-9-8-14(2)15(3)12-16/h5-10,12H,4,11,13H2,1-3H3,(H,22,26). The van der Waals surface area contributed by atoms with Crippen LogP contribution in [0.25, 0.3) is 11.5 Å². The lowest BCUT2D eigenvalue weighted by molar-refractivity contribution is -0.113. The van der Waals surface area contributed by atoms with Crippen LogP contribution in [-0.4, -0.2) is 31.4 Å². The molecule has 27 heavy (non-hydrogen) atoms. The molecule has 0 aliphatic carbocycles. The van der Waals surface area contributed by atoms with Crippen LogP contribution in [0.5, 0.6) is 0 Å². The number of rotatable bonds is 7. The van der Waals surface area contributed by atoms with Gasteiger partial charge in [-0.25, -0.2) is 0 Å². The van der Waals surface area contributed by atoms with Crippen molar-refractivity contribution in [2.45, 2.75) is 38.9 Å². The first-order valence-electron chi connectivity index (χ1n) is 8.93. The molecular formula is C20H23N5OS. The molecule has 0 spiro atoms. The van der Waals surface area contributed by atoms with Crippen molar-refractivity contribution in [3.8, 4) is 11.5 Å². The van der Waals surface area contributed by atoms with Crippen molar-refractivity contribution in [3.05, 3.63) is 53.7 Å². The molecule has 0 saturated heterocycles. The first kappa shape index (κ1) is 19.1. The number of anilines is 1. The van der Waals surface area contributed by atoms with Crippen molar-refractivity contribution in [1.82, 2.24) is 19.7 Å². The average molecular weight is 382 g/mol. The van der Waals surface area contributed by atoms with Gasteiger partial charge in [-0.2, -0.15) is 0 Å². The smallest absolute Gasteiger partial charge is 0.234 e. The van der Waals surface area contributed by atoms with Gasteiger partial charge in [-0.1, -0.05) is 30.8 Å². The van der Waals surface area contributed by atoms with Crippen molar-refractivity contribution in [1.29, 1.82) is 0 Å². The lowest BCUT2D eigenvalue weighted by atomic mass is 10.1. The summed E-state index contributed by atoms with van der Waals surface area (Å²) in [4.78, 5) is 16.7. The van der Waals surface area contributed by atoms with Crippen LogP contribution in [0, 0.1) is 13.8 Å². The zero-order chi connectivity index (χ0) is 19.2. The van der Waals surface area contributed by atoms with E-state index < -0.39 is 0 Å². The maximum absolute atomic E-state index is 12.3. The number of amides is 1. The number of hydrogen-bond donors (Lipinski definition) is 1. The Bertz CT molecular complexity index is 923. The highest BCUT2D eigenvalue weighted by molar-refractivity contribution is 7.99. The van der Waals surface area contributed by atoms with E-state index in [2.05, 4.69) is 34.3 Å². The molecule has 0 bridgehead atoms. The predicted molar refractivity (Wildman–Crippen MR) is 109 cm³/mol. The third-order valence-electron chi connectivity index (χ3n) is 4.18. The molecule has 3 rings (SSSR count). The molecule has 2 heterocycles. The zero-order valence-electron chi connectivity index (χ0n) is 15.8. The Balaban J connectivity index is 1.69. The Labute approximate surface area is 163 Å². The van der Waals surface area contributed by atoms with Gasteiger partial charge in [0.2, 0.25) is 5.91 Å². The average Bonchev–Trinajstić information content (AvgIpc) is 3.07. The molecule has 0 radical (unpaired) electrons. The summed E-state index contributed by atoms with van der Waals surface area (Å²) in [5.41, 5.74) is 3.96. The maximum atomic E-state index is 12.3. The second-order valence-electron chi connectivity index (χ2n) is 6.31. The first-order chi connectivity index (χ1) is 13.1. The largest absolute Gasteiger partial charge is 0.325 e. The summed E-state index contributed by atoms with van der Waals surface area (Å²) in [6.45, 7) is 6.96. The van der Waals surface area contributed by atoms with Gasteiger partial charge in [0.25, 0.3) is 0 Å². The molecule has 0 aliphatic heterocycles.